The van der Waals surface area contributed by atoms with E-state index in [1.807, 2.05) is 18.2 Å². The molecule has 2 aromatic heterocycles. The molecule has 6 nitrogen and oxygen atoms in total. The minimum atomic E-state index is -0.134. The molecule has 0 atom stereocenters. The minimum absolute atomic E-state index is 0.134. The maximum atomic E-state index is 13.0. The summed E-state index contributed by atoms with van der Waals surface area (Å²) in [4.78, 5) is 21.7. The topological polar surface area (TPSA) is 85.8 Å². The van der Waals surface area contributed by atoms with Gasteiger partial charge in [0.25, 0.3) is 5.56 Å². The highest BCUT2D eigenvalue weighted by Crippen LogP contribution is 2.27. The first kappa shape index (κ1) is 16.4. The van der Waals surface area contributed by atoms with Gasteiger partial charge in [0.2, 0.25) is 5.95 Å². The number of pyridine rings is 1. The van der Waals surface area contributed by atoms with Gasteiger partial charge in [-0.2, -0.15) is 4.98 Å². The molecule has 0 spiro atoms. The number of benzene rings is 1. The fourth-order valence-electron chi connectivity index (χ4n) is 2.61. The maximum Gasteiger partial charge on any atom is 0.260 e. The molecule has 0 saturated heterocycles. The molecule has 7 heteroatoms. The van der Waals surface area contributed by atoms with E-state index in [-0.39, 0.29) is 5.56 Å². The zero-order valence-corrected chi connectivity index (χ0v) is 14.0. The molecule has 3 N–H and O–H groups in total. The first-order chi connectivity index (χ1) is 11.7. The van der Waals surface area contributed by atoms with E-state index >= 15 is 0 Å². The van der Waals surface area contributed by atoms with Crippen LogP contribution in [0.5, 0.6) is 0 Å². The predicted molar refractivity (Wildman–Crippen MR) is 97.5 cm³/mol. The fourth-order valence-corrected chi connectivity index (χ4v) is 2.85. The van der Waals surface area contributed by atoms with Gasteiger partial charge in [0, 0.05) is 41.3 Å². The Labute approximate surface area is 144 Å². The minimum Gasteiger partial charge on any atom is -0.357 e. The average molecular weight is 344 g/mol. The number of aryl methyl sites for hydroxylation is 1. The Bertz CT molecular complexity index is 938. The Hall–Kier alpha value is -2.44. The molecular weight excluding hydrogens is 326 g/mol. The van der Waals surface area contributed by atoms with Gasteiger partial charge in [-0.1, -0.05) is 29.8 Å². The summed E-state index contributed by atoms with van der Waals surface area (Å²) in [6.45, 7) is 0.985. The number of nitrogens with zero attached hydrogens (tertiary/aromatic N) is 3. The van der Waals surface area contributed by atoms with Crippen LogP contribution >= 0.6 is 11.6 Å². The summed E-state index contributed by atoms with van der Waals surface area (Å²) in [5.41, 5.74) is 7.30. The van der Waals surface area contributed by atoms with Crippen LogP contribution in [0.25, 0.3) is 22.2 Å². The molecule has 0 fully saturated rings. The lowest BCUT2D eigenvalue weighted by atomic mass is 10.1. The number of aromatic nitrogens is 3. The SMILES string of the molecule is CNc1ncc2cc(-c3ccccc3Cl)c(=O)n(CCCN)c2n1. The second-order valence-corrected chi connectivity index (χ2v) is 5.77. The summed E-state index contributed by atoms with van der Waals surface area (Å²) in [5, 5.41) is 4.21. The lowest BCUT2D eigenvalue weighted by molar-refractivity contribution is 0.646. The van der Waals surface area contributed by atoms with Gasteiger partial charge >= 0.3 is 0 Å². The number of hydrogen-bond acceptors (Lipinski definition) is 5. The number of fused-ring (bicyclic) bond motifs is 1. The molecule has 24 heavy (non-hydrogen) atoms. The number of rotatable bonds is 5. The van der Waals surface area contributed by atoms with Gasteiger partial charge in [-0.25, -0.2) is 4.98 Å². The third-order valence-electron chi connectivity index (χ3n) is 3.80. The van der Waals surface area contributed by atoms with E-state index in [9.17, 15) is 4.79 Å². The van der Waals surface area contributed by atoms with E-state index in [2.05, 4.69) is 15.3 Å². The van der Waals surface area contributed by atoms with Crippen LogP contribution in [0.15, 0.2) is 41.3 Å². The van der Waals surface area contributed by atoms with E-state index in [1.165, 1.54) is 0 Å². The van der Waals surface area contributed by atoms with Gasteiger partial charge in [0.15, 0.2) is 0 Å². The van der Waals surface area contributed by atoms with Crippen LogP contribution in [0.4, 0.5) is 5.95 Å². The van der Waals surface area contributed by atoms with Crippen molar-refractivity contribution in [2.24, 2.45) is 5.73 Å². The molecule has 0 unspecified atom stereocenters. The van der Waals surface area contributed by atoms with E-state index < -0.39 is 0 Å². The van der Waals surface area contributed by atoms with E-state index in [0.717, 1.165) is 5.39 Å². The zero-order chi connectivity index (χ0) is 17.1. The van der Waals surface area contributed by atoms with Crippen molar-refractivity contribution in [2.45, 2.75) is 13.0 Å². The van der Waals surface area contributed by atoms with Gasteiger partial charge in [0.1, 0.15) is 5.65 Å². The number of nitrogens with one attached hydrogen (secondary N) is 1. The standard InChI is InChI=1S/C17H18ClN5O/c1-20-17-21-10-11-9-13(12-5-2-3-6-14(12)18)16(24)23(8-4-7-19)15(11)22-17/h2-3,5-6,9-10H,4,7-8,19H2,1H3,(H,20,21,22). The van der Waals surface area contributed by atoms with Crippen LogP contribution in [0.3, 0.4) is 0 Å². The largest absolute Gasteiger partial charge is 0.357 e. The summed E-state index contributed by atoms with van der Waals surface area (Å²) < 4.78 is 1.64. The molecule has 0 amide bonds. The average Bonchev–Trinajstić information content (AvgIpc) is 2.61. The molecule has 0 aliphatic carbocycles. The zero-order valence-electron chi connectivity index (χ0n) is 13.3. The van der Waals surface area contributed by atoms with Crippen LogP contribution in [0.2, 0.25) is 5.02 Å². The van der Waals surface area contributed by atoms with E-state index in [0.29, 0.717) is 47.3 Å². The van der Waals surface area contributed by atoms with E-state index in [4.69, 9.17) is 17.3 Å². The van der Waals surface area contributed by atoms with Crippen LogP contribution < -0.4 is 16.6 Å². The molecule has 124 valence electrons. The summed E-state index contributed by atoms with van der Waals surface area (Å²) in [6, 6.07) is 9.08. The van der Waals surface area contributed by atoms with E-state index in [1.54, 1.807) is 29.9 Å². The number of nitrogens with two attached hydrogens (primary N) is 1. The lowest BCUT2D eigenvalue weighted by Crippen LogP contribution is -2.24. The molecule has 3 rings (SSSR count). The first-order valence-corrected chi connectivity index (χ1v) is 8.07. The molecule has 2 heterocycles. The monoisotopic (exact) mass is 343 g/mol. The van der Waals surface area contributed by atoms with Crippen LogP contribution in [-0.2, 0) is 6.54 Å². The highest BCUT2D eigenvalue weighted by atomic mass is 35.5. The Morgan fingerprint density at radius 2 is 2.08 bits per heavy atom. The lowest BCUT2D eigenvalue weighted by Gasteiger charge is -2.13. The molecule has 0 aliphatic heterocycles. The van der Waals surface area contributed by atoms with Gasteiger partial charge in [-0.3, -0.25) is 9.36 Å². The smallest absolute Gasteiger partial charge is 0.260 e. The Morgan fingerprint density at radius 1 is 1.29 bits per heavy atom. The Morgan fingerprint density at radius 3 is 2.79 bits per heavy atom. The normalized spacial score (nSPS) is 11.0. The third kappa shape index (κ3) is 2.98. The summed E-state index contributed by atoms with van der Waals surface area (Å²) >= 11 is 6.28. The maximum absolute atomic E-state index is 13.0. The van der Waals surface area contributed by atoms with Crippen molar-refractivity contribution in [1.82, 2.24) is 14.5 Å². The number of anilines is 1. The van der Waals surface area contributed by atoms with Crippen molar-refractivity contribution in [3.63, 3.8) is 0 Å². The second-order valence-electron chi connectivity index (χ2n) is 5.36. The quantitative estimate of drug-likeness (QED) is 0.743. The summed E-state index contributed by atoms with van der Waals surface area (Å²) in [6.07, 6.45) is 2.38. The molecule has 1 aromatic carbocycles. The second kappa shape index (κ2) is 6.98. The third-order valence-corrected chi connectivity index (χ3v) is 4.13. The van der Waals surface area contributed by atoms with Crippen molar-refractivity contribution in [2.75, 3.05) is 18.9 Å². The molecule has 0 bridgehead atoms. The number of hydrogen-bond donors (Lipinski definition) is 2. The molecule has 0 aliphatic rings. The molecule has 0 saturated carbocycles. The Balaban J connectivity index is 2.31. The molecule has 3 aromatic rings. The summed E-state index contributed by atoms with van der Waals surface area (Å²) in [5.74, 6) is 0.467. The molecule has 0 radical (unpaired) electrons. The van der Waals surface area contributed by atoms with Crippen molar-refractivity contribution < 1.29 is 0 Å². The molecular formula is C17H18ClN5O. The Kier molecular flexibility index (Phi) is 4.78. The fraction of sp³-hybridized carbons (Fsp3) is 0.235. The van der Waals surface area contributed by atoms with Gasteiger partial charge < -0.3 is 11.1 Å². The van der Waals surface area contributed by atoms with Crippen molar-refractivity contribution in [3.8, 4) is 11.1 Å². The van der Waals surface area contributed by atoms with Crippen LogP contribution in [-0.4, -0.2) is 28.1 Å². The van der Waals surface area contributed by atoms with Crippen LogP contribution in [0, 0.1) is 0 Å². The summed E-state index contributed by atoms with van der Waals surface area (Å²) in [7, 11) is 1.74. The van der Waals surface area contributed by atoms with Gasteiger partial charge in [-0.05, 0) is 25.1 Å². The predicted octanol–water partition coefficient (Wildman–Crippen LogP) is 2.50. The van der Waals surface area contributed by atoms with Crippen LogP contribution in [0.1, 0.15) is 6.42 Å². The van der Waals surface area contributed by atoms with Crippen molar-refractivity contribution >= 4 is 28.6 Å². The first-order valence-electron chi connectivity index (χ1n) is 7.69. The van der Waals surface area contributed by atoms with Crippen molar-refractivity contribution in [1.29, 1.82) is 0 Å². The highest BCUT2D eigenvalue weighted by Gasteiger charge is 2.14. The van der Waals surface area contributed by atoms with Gasteiger partial charge in [-0.15, -0.1) is 0 Å². The van der Waals surface area contributed by atoms with Crippen molar-refractivity contribution in [3.05, 3.63) is 51.9 Å². The number of halogens is 1. The highest BCUT2D eigenvalue weighted by molar-refractivity contribution is 6.33. The van der Waals surface area contributed by atoms with Gasteiger partial charge in [0.05, 0.1) is 0 Å².